The minimum atomic E-state index is 0.622. The van der Waals surface area contributed by atoms with Gasteiger partial charge < -0.3 is 15.0 Å². The predicted octanol–water partition coefficient (Wildman–Crippen LogP) is 0.321. The van der Waals surface area contributed by atoms with Crippen LogP contribution in [0.3, 0.4) is 0 Å². The van der Waals surface area contributed by atoms with Crippen LogP contribution in [0.4, 0.5) is 0 Å². The van der Waals surface area contributed by atoms with Gasteiger partial charge in [-0.15, -0.1) is 0 Å². The lowest BCUT2D eigenvalue weighted by Gasteiger charge is -2.03. The summed E-state index contributed by atoms with van der Waals surface area (Å²) in [6, 6.07) is 0. The molecular weight excluding hydrogens is 174 g/mol. The van der Waals surface area contributed by atoms with E-state index in [0.717, 1.165) is 0 Å². The van der Waals surface area contributed by atoms with Gasteiger partial charge in [-0.2, -0.15) is 0 Å². The third-order valence-electron chi connectivity index (χ3n) is 1.31. The molecule has 0 spiro atoms. The van der Waals surface area contributed by atoms with Crippen LogP contribution in [0.15, 0.2) is 12.4 Å². The van der Waals surface area contributed by atoms with Crippen molar-refractivity contribution in [3.8, 4) is 0 Å². The Morgan fingerprint density at radius 1 is 1.83 bits per heavy atom. The number of H-pyrrole nitrogens is 1. The number of imidazole rings is 1. The fourth-order valence-corrected chi connectivity index (χ4v) is 0.953. The van der Waals surface area contributed by atoms with Crippen molar-refractivity contribution in [2.45, 2.75) is 0 Å². The predicted molar refractivity (Wildman–Crippen MR) is 50.2 cm³/mol. The van der Waals surface area contributed by atoms with Crippen LogP contribution in [-0.2, 0) is 4.74 Å². The minimum absolute atomic E-state index is 0.622. The van der Waals surface area contributed by atoms with Gasteiger partial charge in [0.25, 0.3) is 0 Å². The molecule has 1 aromatic heterocycles. The van der Waals surface area contributed by atoms with E-state index in [0.29, 0.717) is 24.0 Å². The van der Waals surface area contributed by atoms with Crippen molar-refractivity contribution >= 4 is 17.2 Å². The van der Waals surface area contributed by atoms with E-state index in [4.69, 9.17) is 17.0 Å². The smallest absolute Gasteiger partial charge is 0.164 e. The van der Waals surface area contributed by atoms with Crippen molar-refractivity contribution in [1.29, 1.82) is 0 Å². The molecule has 0 fully saturated rings. The standard InChI is InChI=1S/C7H11N3OS/c1-11-5-4-10-7(12)6-8-2-3-9-6/h2-3H,4-5H2,1H3,(H,8,9)(H,10,12). The molecule has 0 unspecified atom stereocenters. The Hall–Kier alpha value is -0.940. The van der Waals surface area contributed by atoms with E-state index in [1.54, 1.807) is 19.5 Å². The second-order valence-corrected chi connectivity index (χ2v) is 2.59. The highest BCUT2D eigenvalue weighted by atomic mass is 32.1. The molecule has 66 valence electrons. The topological polar surface area (TPSA) is 49.9 Å². The highest BCUT2D eigenvalue weighted by molar-refractivity contribution is 7.80. The third-order valence-corrected chi connectivity index (χ3v) is 1.64. The number of ether oxygens (including phenoxy) is 1. The molecule has 0 atom stereocenters. The number of aromatic nitrogens is 2. The maximum atomic E-state index is 5.03. The average Bonchev–Trinajstić information content (AvgIpc) is 2.56. The molecule has 5 heteroatoms. The van der Waals surface area contributed by atoms with Gasteiger partial charge in [0, 0.05) is 26.0 Å². The van der Waals surface area contributed by atoms with Gasteiger partial charge in [0.15, 0.2) is 5.82 Å². The van der Waals surface area contributed by atoms with E-state index < -0.39 is 0 Å². The van der Waals surface area contributed by atoms with Crippen LogP contribution in [0.5, 0.6) is 0 Å². The zero-order valence-electron chi connectivity index (χ0n) is 6.83. The Balaban J connectivity index is 2.30. The van der Waals surface area contributed by atoms with Crippen molar-refractivity contribution in [2.24, 2.45) is 0 Å². The molecule has 0 radical (unpaired) electrons. The molecule has 0 amide bonds. The van der Waals surface area contributed by atoms with Gasteiger partial charge >= 0.3 is 0 Å². The van der Waals surface area contributed by atoms with Crippen molar-refractivity contribution in [3.05, 3.63) is 18.2 Å². The van der Waals surface area contributed by atoms with E-state index in [9.17, 15) is 0 Å². The molecule has 0 aliphatic rings. The van der Waals surface area contributed by atoms with E-state index in [1.165, 1.54) is 0 Å². The molecule has 0 aliphatic heterocycles. The third kappa shape index (κ3) is 2.60. The molecule has 1 aromatic rings. The molecule has 4 nitrogen and oxygen atoms in total. The first kappa shape index (κ1) is 9.15. The summed E-state index contributed by atoms with van der Waals surface area (Å²) in [5.41, 5.74) is 0. The van der Waals surface area contributed by atoms with Crippen molar-refractivity contribution in [2.75, 3.05) is 20.3 Å². The fraction of sp³-hybridized carbons (Fsp3) is 0.429. The number of hydrogen-bond acceptors (Lipinski definition) is 3. The molecular formula is C7H11N3OS. The number of methoxy groups -OCH3 is 1. The first-order valence-electron chi connectivity index (χ1n) is 3.61. The monoisotopic (exact) mass is 185 g/mol. The largest absolute Gasteiger partial charge is 0.383 e. The lowest BCUT2D eigenvalue weighted by atomic mass is 10.5. The summed E-state index contributed by atoms with van der Waals surface area (Å²) in [6.07, 6.45) is 3.40. The Labute approximate surface area is 76.3 Å². The van der Waals surface area contributed by atoms with Crippen molar-refractivity contribution < 1.29 is 4.74 Å². The first-order valence-corrected chi connectivity index (χ1v) is 4.02. The number of nitrogens with one attached hydrogen (secondary N) is 2. The van der Waals surface area contributed by atoms with Gasteiger partial charge in [-0.1, -0.05) is 12.2 Å². The fourth-order valence-electron chi connectivity index (χ4n) is 0.740. The number of nitrogens with zero attached hydrogens (tertiary/aromatic N) is 1. The second-order valence-electron chi connectivity index (χ2n) is 2.19. The van der Waals surface area contributed by atoms with E-state index in [1.807, 2.05) is 0 Å². The molecule has 0 bridgehead atoms. The van der Waals surface area contributed by atoms with E-state index >= 15 is 0 Å². The lowest BCUT2D eigenvalue weighted by Crippen LogP contribution is -2.26. The van der Waals surface area contributed by atoms with Gasteiger partial charge in [-0.25, -0.2) is 4.98 Å². The minimum Gasteiger partial charge on any atom is -0.383 e. The Kier molecular flexibility index (Phi) is 3.69. The average molecular weight is 185 g/mol. The Morgan fingerprint density at radius 3 is 3.25 bits per heavy atom. The molecule has 0 aromatic carbocycles. The number of aromatic amines is 1. The van der Waals surface area contributed by atoms with E-state index in [-0.39, 0.29) is 0 Å². The van der Waals surface area contributed by atoms with E-state index in [2.05, 4.69) is 15.3 Å². The SMILES string of the molecule is COCCNC(=S)c1ncc[nH]1. The summed E-state index contributed by atoms with van der Waals surface area (Å²) in [5, 5.41) is 3.00. The molecule has 2 N–H and O–H groups in total. The van der Waals surface area contributed by atoms with Gasteiger partial charge in [-0.05, 0) is 0 Å². The number of thiocarbonyl (C=S) groups is 1. The number of rotatable bonds is 4. The van der Waals surface area contributed by atoms with Gasteiger partial charge in [0.2, 0.25) is 0 Å². The molecule has 12 heavy (non-hydrogen) atoms. The summed E-state index contributed by atoms with van der Waals surface area (Å²) in [5.74, 6) is 0.695. The van der Waals surface area contributed by atoms with Crippen molar-refractivity contribution in [3.63, 3.8) is 0 Å². The van der Waals surface area contributed by atoms with Crippen LogP contribution < -0.4 is 5.32 Å². The van der Waals surface area contributed by atoms with Crippen LogP contribution in [0.1, 0.15) is 5.82 Å². The summed E-state index contributed by atoms with van der Waals surface area (Å²) < 4.78 is 4.86. The summed E-state index contributed by atoms with van der Waals surface area (Å²) in [6.45, 7) is 1.34. The molecule has 1 heterocycles. The molecule has 1 rings (SSSR count). The lowest BCUT2D eigenvalue weighted by molar-refractivity contribution is 0.204. The molecule has 0 aliphatic carbocycles. The van der Waals surface area contributed by atoms with Crippen molar-refractivity contribution in [1.82, 2.24) is 15.3 Å². The number of hydrogen-bond donors (Lipinski definition) is 2. The first-order chi connectivity index (χ1) is 5.84. The Morgan fingerprint density at radius 2 is 2.67 bits per heavy atom. The highest BCUT2D eigenvalue weighted by Crippen LogP contribution is 1.88. The van der Waals surface area contributed by atoms with Crippen LogP contribution >= 0.6 is 12.2 Å². The molecule has 0 saturated heterocycles. The van der Waals surface area contributed by atoms with Crippen LogP contribution in [0.25, 0.3) is 0 Å². The Bertz CT molecular complexity index is 235. The zero-order valence-corrected chi connectivity index (χ0v) is 7.65. The summed E-state index contributed by atoms with van der Waals surface area (Å²) in [4.78, 5) is 7.53. The van der Waals surface area contributed by atoms with Gasteiger partial charge in [0.1, 0.15) is 4.99 Å². The normalized spacial score (nSPS) is 9.75. The second kappa shape index (κ2) is 4.84. The van der Waals surface area contributed by atoms with Gasteiger partial charge in [0.05, 0.1) is 6.61 Å². The van der Waals surface area contributed by atoms with Crippen LogP contribution in [-0.4, -0.2) is 35.2 Å². The van der Waals surface area contributed by atoms with Crippen LogP contribution in [0, 0.1) is 0 Å². The quantitative estimate of drug-likeness (QED) is 0.524. The molecule has 0 saturated carbocycles. The zero-order chi connectivity index (χ0) is 8.81. The highest BCUT2D eigenvalue weighted by Gasteiger charge is 2.00. The maximum absolute atomic E-state index is 5.03. The van der Waals surface area contributed by atoms with Gasteiger partial charge in [-0.3, -0.25) is 0 Å². The van der Waals surface area contributed by atoms with Crippen LogP contribution in [0.2, 0.25) is 0 Å². The maximum Gasteiger partial charge on any atom is 0.164 e. The summed E-state index contributed by atoms with van der Waals surface area (Å²) in [7, 11) is 1.65. The summed E-state index contributed by atoms with van der Waals surface area (Å²) >= 11 is 5.03.